The van der Waals surface area contributed by atoms with Crippen LogP contribution in [0.4, 0.5) is 0 Å². The topological polar surface area (TPSA) is 62.5 Å². The minimum absolute atomic E-state index is 0.0988. The lowest BCUT2D eigenvalue weighted by atomic mass is 9.62. The normalized spacial score (nSPS) is 43.4. The van der Waals surface area contributed by atoms with Crippen LogP contribution in [0.5, 0.6) is 0 Å². The Kier molecular flexibility index (Phi) is 2.48. The molecule has 0 radical (unpaired) electrons. The largest absolute Gasteiger partial charge is 0.385 e. The third kappa shape index (κ3) is 1.40. The Labute approximate surface area is 102 Å². The van der Waals surface area contributed by atoms with E-state index in [0.717, 1.165) is 25.7 Å². The van der Waals surface area contributed by atoms with E-state index in [2.05, 4.69) is 6.07 Å². The van der Waals surface area contributed by atoms with Crippen molar-refractivity contribution in [1.82, 2.24) is 0 Å². The fraction of sp³-hybridized carbons (Fsp3) is 0.923. The number of aliphatic hydroxyl groups is 1. The van der Waals surface area contributed by atoms with E-state index in [-0.39, 0.29) is 24.7 Å². The van der Waals surface area contributed by atoms with Crippen LogP contribution in [-0.2, 0) is 9.47 Å². The van der Waals surface area contributed by atoms with E-state index in [1.165, 1.54) is 0 Å². The third-order valence-corrected chi connectivity index (χ3v) is 4.80. The number of nitriles is 1. The second-order valence-electron chi connectivity index (χ2n) is 5.74. The molecule has 1 saturated carbocycles. The molecule has 2 bridgehead atoms. The molecule has 0 amide bonds. The van der Waals surface area contributed by atoms with E-state index < -0.39 is 11.0 Å². The number of methoxy groups -OCH3 is 1. The molecule has 1 aliphatic carbocycles. The summed E-state index contributed by atoms with van der Waals surface area (Å²) in [5.41, 5.74) is -1.76. The standard InChI is InChI=1S/C13H19NO3/c1-16-8-13(15,9-2-3-9)12(7-14)6-10-4-5-11(12)17-10/h9-11,15H,2-6,8H2,1H3. The summed E-state index contributed by atoms with van der Waals surface area (Å²) in [5.74, 6) is 0.213. The predicted octanol–water partition coefficient (Wildman–Crippen LogP) is 1.24. The Balaban J connectivity index is 1.96. The minimum atomic E-state index is -1.02. The average Bonchev–Trinajstić information content (AvgIpc) is 3.00. The zero-order chi connectivity index (χ0) is 12.1. The summed E-state index contributed by atoms with van der Waals surface area (Å²) in [6.07, 6.45) is 4.67. The lowest BCUT2D eigenvalue weighted by Crippen LogP contribution is -2.57. The molecule has 2 aliphatic heterocycles. The summed E-state index contributed by atoms with van der Waals surface area (Å²) < 4.78 is 11.0. The number of hydrogen-bond donors (Lipinski definition) is 1. The zero-order valence-corrected chi connectivity index (χ0v) is 10.2. The van der Waals surface area contributed by atoms with Crippen LogP contribution in [-0.4, -0.2) is 36.6 Å². The molecule has 1 N–H and O–H groups in total. The first kappa shape index (κ1) is 11.5. The maximum atomic E-state index is 11.0. The van der Waals surface area contributed by atoms with E-state index in [4.69, 9.17) is 9.47 Å². The maximum Gasteiger partial charge on any atom is 0.117 e. The van der Waals surface area contributed by atoms with Crippen LogP contribution in [0.25, 0.3) is 0 Å². The molecule has 4 heteroatoms. The van der Waals surface area contributed by atoms with Crippen molar-refractivity contribution in [2.24, 2.45) is 11.3 Å². The fourth-order valence-electron chi connectivity index (χ4n) is 3.77. The van der Waals surface area contributed by atoms with Gasteiger partial charge in [0.15, 0.2) is 0 Å². The van der Waals surface area contributed by atoms with E-state index in [1.54, 1.807) is 7.11 Å². The van der Waals surface area contributed by atoms with Gasteiger partial charge in [0.2, 0.25) is 0 Å². The monoisotopic (exact) mass is 237 g/mol. The second-order valence-corrected chi connectivity index (χ2v) is 5.74. The van der Waals surface area contributed by atoms with Crippen LogP contribution in [0, 0.1) is 22.7 Å². The van der Waals surface area contributed by atoms with Crippen LogP contribution in [0.15, 0.2) is 0 Å². The number of nitrogens with zero attached hydrogens (tertiary/aromatic N) is 1. The lowest BCUT2D eigenvalue weighted by Gasteiger charge is -2.43. The number of ether oxygens (including phenoxy) is 2. The third-order valence-electron chi connectivity index (χ3n) is 4.80. The van der Waals surface area contributed by atoms with Gasteiger partial charge in [-0.05, 0) is 38.0 Å². The first-order chi connectivity index (χ1) is 8.16. The van der Waals surface area contributed by atoms with Crippen molar-refractivity contribution >= 4 is 0 Å². The summed E-state index contributed by atoms with van der Waals surface area (Å²) >= 11 is 0. The summed E-state index contributed by atoms with van der Waals surface area (Å²) in [6.45, 7) is 0.248. The molecule has 2 saturated heterocycles. The fourth-order valence-corrected chi connectivity index (χ4v) is 3.77. The smallest absolute Gasteiger partial charge is 0.117 e. The Morgan fingerprint density at radius 2 is 2.24 bits per heavy atom. The molecule has 4 nitrogen and oxygen atoms in total. The SMILES string of the molecule is COCC(O)(C1CC1)C1(C#N)CC2CCC1O2. The van der Waals surface area contributed by atoms with Gasteiger partial charge in [-0.3, -0.25) is 0 Å². The molecule has 3 fully saturated rings. The number of rotatable bonds is 4. The van der Waals surface area contributed by atoms with Crippen LogP contribution < -0.4 is 0 Å². The highest BCUT2D eigenvalue weighted by Gasteiger charge is 2.67. The van der Waals surface area contributed by atoms with Gasteiger partial charge in [0.05, 0.1) is 24.9 Å². The highest BCUT2D eigenvalue weighted by molar-refractivity contribution is 5.24. The first-order valence-electron chi connectivity index (χ1n) is 6.44. The van der Waals surface area contributed by atoms with Gasteiger partial charge in [-0.15, -0.1) is 0 Å². The van der Waals surface area contributed by atoms with Gasteiger partial charge >= 0.3 is 0 Å². The van der Waals surface area contributed by atoms with Crippen molar-refractivity contribution in [2.75, 3.05) is 13.7 Å². The van der Waals surface area contributed by atoms with Crippen molar-refractivity contribution in [3.8, 4) is 6.07 Å². The van der Waals surface area contributed by atoms with Gasteiger partial charge in [-0.1, -0.05) is 0 Å². The maximum absolute atomic E-state index is 11.0. The van der Waals surface area contributed by atoms with Crippen molar-refractivity contribution < 1.29 is 14.6 Å². The van der Waals surface area contributed by atoms with Crippen LogP contribution in [0.3, 0.4) is 0 Å². The number of fused-ring (bicyclic) bond motifs is 2. The first-order valence-corrected chi connectivity index (χ1v) is 6.44. The Bertz CT molecular complexity index is 362. The van der Waals surface area contributed by atoms with Gasteiger partial charge in [-0.25, -0.2) is 0 Å². The molecule has 4 unspecified atom stereocenters. The molecular weight excluding hydrogens is 218 g/mol. The number of hydrogen-bond acceptors (Lipinski definition) is 4. The molecule has 0 aromatic rings. The minimum Gasteiger partial charge on any atom is -0.385 e. The van der Waals surface area contributed by atoms with Gasteiger partial charge in [0.25, 0.3) is 0 Å². The molecule has 2 heterocycles. The summed E-state index contributed by atoms with van der Waals surface area (Å²) in [5, 5.41) is 20.6. The molecular formula is C13H19NO3. The van der Waals surface area contributed by atoms with Crippen LogP contribution in [0.2, 0.25) is 0 Å². The quantitative estimate of drug-likeness (QED) is 0.799. The van der Waals surface area contributed by atoms with Crippen molar-refractivity contribution in [2.45, 2.75) is 49.9 Å². The van der Waals surface area contributed by atoms with Crippen molar-refractivity contribution in [3.63, 3.8) is 0 Å². The lowest BCUT2D eigenvalue weighted by molar-refractivity contribution is -0.137. The van der Waals surface area contributed by atoms with Gasteiger partial charge < -0.3 is 14.6 Å². The zero-order valence-electron chi connectivity index (χ0n) is 10.2. The van der Waals surface area contributed by atoms with Gasteiger partial charge in [0, 0.05) is 7.11 Å². The van der Waals surface area contributed by atoms with Crippen molar-refractivity contribution in [3.05, 3.63) is 0 Å². The Morgan fingerprint density at radius 3 is 2.65 bits per heavy atom. The van der Waals surface area contributed by atoms with Crippen LogP contribution in [0.1, 0.15) is 32.1 Å². The van der Waals surface area contributed by atoms with Crippen LogP contribution >= 0.6 is 0 Å². The van der Waals surface area contributed by atoms with E-state index in [0.29, 0.717) is 6.42 Å². The van der Waals surface area contributed by atoms with Crippen molar-refractivity contribution in [1.29, 1.82) is 5.26 Å². The highest BCUT2D eigenvalue weighted by atomic mass is 16.5. The van der Waals surface area contributed by atoms with E-state index in [9.17, 15) is 10.4 Å². The van der Waals surface area contributed by atoms with E-state index >= 15 is 0 Å². The average molecular weight is 237 g/mol. The Morgan fingerprint density at radius 1 is 1.47 bits per heavy atom. The summed E-state index contributed by atoms with van der Waals surface area (Å²) in [4.78, 5) is 0. The molecule has 0 aromatic carbocycles. The molecule has 3 rings (SSSR count). The predicted molar refractivity (Wildman–Crippen MR) is 60.1 cm³/mol. The molecule has 4 atom stereocenters. The Hall–Kier alpha value is -0.630. The molecule has 0 aromatic heterocycles. The van der Waals surface area contributed by atoms with Gasteiger partial charge in [-0.2, -0.15) is 5.26 Å². The molecule has 94 valence electrons. The second kappa shape index (κ2) is 3.68. The summed E-state index contributed by atoms with van der Waals surface area (Å²) in [7, 11) is 1.59. The molecule has 0 spiro atoms. The molecule has 17 heavy (non-hydrogen) atoms. The van der Waals surface area contributed by atoms with Gasteiger partial charge in [0.1, 0.15) is 11.0 Å². The van der Waals surface area contributed by atoms with E-state index in [1.807, 2.05) is 0 Å². The summed E-state index contributed by atoms with van der Waals surface area (Å²) in [6, 6.07) is 2.40. The molecule has 3 aliphatic rings. The highest BCUT2D eigenvalue weighted by Crippen LogP contribution is 2.59.